The summed E-state index contributed by atoms with van der Waals surface area (Å²) in [5.41, 5.74) is -2.18. The minimum Gasteiger partial charge on any atom is -0.275 e. The number of nitrogens with zero attached hydrogens (tertiary/aromatic N) is 2. The number of alkyl halides is 2. The van der Waals surface area contributed by atoms with Gasteiger partial charge in [0.25, 0.3) is 11.7 Å². The Kier molecular flexibility index (Phi) is 3.87. The van der Waals surface area contributed by atoms with Crippen LogP contribution in [0.15, 0.2) is 10.7 Å². The maximum absolute atomic E-state index is 12.4. The second-order valence-corrected chi connectivity index (χ2v) is 3.69. The van der Waals surface area contributed by atoms with Gasteiger partial charge in [-0.25, -0.2) is 13.8 Å². The third-order valence-corrected chi connectivity index (χ3v) is 2.62. The molecule has 0 saturated heterocycles. The lowest BCUT2D eigenvalue weighted by Crippen LogP contribution is -2.05. The molecule has 1 aromatic rings. The molecule has 0 aliphatic carbocycles. The summed E-state index contributed by atoms with van der Waals surface area (Å²) in [6, 6.07) is 0. The van der Waals surface area contributed by atoms with E-state index in [9.17, 15) is 23.7 Å². The Hall–Kier alpha value is -1.15. The third kappa shape index (κ3) is 2.33. The van der Waals surface area contributed by atoms with Crippen molar-refractivity contribution in [3.63, 3.8) is 0 Å². The van der Waals surface area contributed by atoms with Crippen molar-refractivity contribution in [3.05, 3.63) is 32.0 Å². The van der Waals surface area contributed by atoms with Gasteiger partial charge in [0, 0.05) is 0 Å². The van der Waals surface area contributed by atoms with E-state index in [2.05, 4.69) is 20.9 Å². The third-order valence-electron chi connectivity index (χ3n) is 1.63. The van der Waals surface area contributed by atoms with Crippen LogP contribution in [0.4, 0.5) is 14.5 Å². The summed E-state index contributed by atoms with van der Waals surface area (Å²) < 4.78 is 24.5. The molecule has 9 heteroatoms. The quantitative estimate of drug-likeness (QED) is 0.488. The van der Waals surface area contributed by atoms with E-state index < -0.39 is 38.0 Å². The Morgan fingerprint density at radius 2 is 2.19 bits per heavy atom. The lowest BCUT2D eigenvalue weighted by molar-refractivity contribution is -0.386. The topological polar surface area (TPSA) is 73.1 Å². The summed E-state index contributed by atoms with van der Waals surface area (Å²) in [6.45, 7) is 0. The van der Waals surface area contributed by atoms with Gasteiger partial charge in [0.1, 0.15) is 16.4 Å². The van der Waals surface area contributed by atoms with Gasteiger partial charge in [-0.15, -0.1) is 0 Å². The number of hydrogen-bond acceptors (Lipinski definition) is 4. The fourth-order valence-electron chi connectivity index (χ4n) is 0.972. The minimum atomic E-state index is -3.05. The van der Waals surface area contributed by atoms with Crippen LogP contribution < -0.4 is 0 Å². The molecule has 1 rings (SSSR count). The molecule has 1 heterocycles. The van der Waals surface area contributed by atoms with Gasteiger partial charge in [-0.2, -0.15) is 0 Å². The zero-order chi connectivity index (χ0) is 12.5. The summed E-state index contributed by atoms with van der Waals surface area (Å²) in [4.78, 5) is 23.7. The lowest BCUT2D eigenvalue weighted by Gasteiger charge is -2.06. The highest BCUT2D eigenvalue weighted by molar-refractivity contribution is 9.10. The molecule has 0 unspecified atom stereocenters. The van der Waals surface area contributed by atoms with Crippen LogP contribution in [-0.4, -0.2) is 15.1 Å². The predicted octanol–water partition coefficient (Wildman–Crippen LogP) is 3.07. The van der Waals surface area contributed by atoms with Crippen molar-refractivity contribution in [2.75, 3.05) is 0 Å². The standard InChI is InChI=1S/C7H2BrClF2N2O3/c8-4-2(13(15)16)1-12-5(7(10)11)3(4)6(9)14/h1,7H. The molecule has 0 saturated carbocycles. The second-order valence-electron chi connectivity index (χ2n) is 2.55. The molecule has 0 spiro atoms. The second kappa shape index (κ2) is 4.79. The normalized spacial score (nSPS) is 10.6. The maximum Gasteiger partial charge on any atom is 0.302 e. The maximum atomic E-state index is 12.4. The molecule has 0 bridgehead atoms. The number of carbonyl (C=O) groups is 1. The van der Waals surface area contributed by atoms with Gasteiger partial charge in [-0.1, -0.05) is 0 Å². The van der Waals surface area contributed by atoms with Gasteiger partial charge in [0.2, 0.25) is 0 Å². The van der Waals surface area contributed by atoms with Crippen LogP contribution >= 0.6 is 27.5 Å². The number of halogens is 4. The number of rotatable bonds is 3. The number of nitro groups is 1. The summed E-state index contributed by atoms with van der Waals surface area (Å²) in [7, 11) is 0. The fourth-order valence-corrected chi connectivity index (χ4v) is 1.91. The van der Waals surface area contributed by atoms with Crippen molar-refractivity contribution in [1.29, 1.82) is 0 Å². The largest absolute Gasteiger partial charge is 0.302 e. The van der Waals surface area contributed by atoms with Gasteiger partial charge in [-0.05, 0) is 27.5 Å². The molecular formula is C7H2BrClF2N2O3. The van der Waals surface area contributed by atoms with E-state index in [0.717, 1.165) is 0 Å². The summed E-state index contributed by atoms with van der Waals surface area (Å²) in [5, 5.41) is 9.23. The molecule has 0 radical (unpaired) electrons. The Bertz CT molecular complexity index is 469. The minimum absolute atomic E-state index is 0.400. The van der Waals surface area contributed by atoms with Crippen molar-refractivity contribution < 1.29 is 18.5 Å². The molecule has 5 nitrogen and oxygen atoms in total. The van der Waals surface area contributed by atoms with Crippen LogP contribution in [0.2, 0.25) is 0 Å². The summed E-state index contributed by atoms with van der Waals surface area (Å²) in [6.07, 6.45) is -2.41. The van der Waals surface area contributed by atoms with E-state index in [1.54, 1.807) is 0 Å². The lowest BCUT2D eigenvalue weighted by atomic mass is 10.2. The van der Waals surface area contributed by atoms with Crippen molar-refractivity contribution in [2.24, 2.45) is 0 Å². The summed E-state index contributed by atoms with van der Waals surface area (Å²) in [5.74, 6) is 0. The van der Waals surface area contributed by atoms with Crippen molar-refractivity contribution in [3.8, 4) is 0 Å². The van der Waals surface area contributed by atoms with Gasteiger partial charge in [0.15, 0.2) is 0 Å². The molecule has 0 fully saturated rings. The van der Waals surface area contributed by atoms with Gasteiger partial charge in [-0.3, -0.25) is 14.9 Å². The highest BCUT2D eigenvalue weighted by Crippen LogP contribution is 2.34. The van der Waals surface area contributed by atoms with Gasteiger partial charge >= 0.3 is 5.69 Å². The molecule has 86 valence electrons. The van der Waals surface area contributed by atoms with Crippen molar-refractivity contribution in [1.82, 2.24) is 4.98 Å². The Morgan fingerprint density at radius 3 is 2.56 bits per heavy atom. The first-order valence-electron chi connectivity index (χ1n) is 3.67. The fraction of sp³-hybridized carbons (Fsp3) is 0.143. The molecule has 0 amide bonds. The van der Waals surface area contributed by atoms with Crippen LogP contribution in [0.3, 0.4) is 0 Å². The van der Waals surface area contributed by atoms with Gasteiger partial charge < -0.3 is 0 Å². The van der Waals surface area contributed by atoms with Gasteiger partial charge in [0.05, 0.1) is 10.5 Å². The predicted molar refractivity (Wildman–Crippen MR) is 53.7 cm³/mol. The van der Waals surface area contributed by atoms with E-state index in [1.165, 1.54) is 0 Å². The highest BCUT2D eigenvalue weighted by atomic mass is 79.9. The molecule has 0 aromatic carbocycles. The zero-order valence-corrected chi connectivity index (χ0v) is 9.63. The molecule has 0 aliphatic rings. The van der Waals surface area contributed by atoms with E-state index >= 15 is 0 Å². The number of hydrogen-bond donors (Lipinski definition) is 0. The van der Waals surface area contributed by atoms with Crippen LogP contribution in [0.25, 0.3) is 0 Å². The SMILES string of the molecule is O=C(Cl)c1c(C(F)F)ncc([N+](=O)[O-])c1Br. The monoisotopic (exact) mass is 314 g/mol. The summed E-state index contributed by atoms with van der Waals surface area (Å²) >= 11 is 7.75. The average Bonchev–Trinajstić information content (AvgIpc) is 2.15. The number of aromatic nitrogens is 1. The first kappa shape index (κ1) is 12.9. The van der Waals surface area contributed by atoms with Crippen LogP contribution in [0.5, 0.6) is 0 Å². The molecule has 0 atom stereocenters. The Balaban J connectivity index is 3.54. The first-order valence-corrected chi connectivity index (χ1v) is 4.84. The number of carbonyl (C=O) groups excluding carboxylic acids is 1. The molecule has 0 aliphatic heterocycles. The van der Waals surface area contributed by atoms with Crippen molar-refractivity contribution >= 4 is 38.5 Å². The first-order chi connectivity index (χ1) is 7.36. The molecule has 16 heavy (non-hydrogen) atoms. The Labute approximate surface area is 101 Å². The number of pyridine rings is 1. The zero-order valence-electron chi connectivity index (χ0n) is 7.29. The van der Waals surface area contributed by atoms with Crippen LogP contribution in [0, 0.1) is 10.1 Å². The van der Waals surface area contributed by atoms with E-state index in [4.69, 9.17) is 11.6 Å². The van der Waals surface area contributed by atoms with Crippen molar-refractivity contribution in [2.45, 2.75) is 6.43 Å². The van der Waals surface area contributed by atoms with E-state index in [1.807, 2.05) is 0 Å². The molecule has 1 aromatic heterocycles. The van der Waals surface area contributed by atoms with Crippen LogP contribution in [-0.2, 0) is 0 Å². The molecular weight excluding hydrogens is 313 g/mol. The Morgan fingerprint density at radius 1 is 1.62 bits per heavy atom. The highest BCUT2D eigenvalue weighted by Gasteiger charge is 2.27. The van der Waals surface area contributed by atoms with Crippen LogP contribution in [0.1, 0.15) is 22.5 Å². The van der Waals surface area contributed by atoms with E-state index in [0.29, 0.717) is 6.20 Å². The average molecular weight is 315 g/mol. The molecule has 0 N–H and O–H groups in total. The smallest absolute Gasteiger partial charge is 0.275 e. The van der Waals surface area contributed by atoms with E-state index in [-0.39, 0.29) is 0 Å².